The van der Waals surface area contributed by atoms with Gasteiger partial charge in [-0.3, -0.25) is 5.43 Å². The van der Waals surface area contributed by atoms with Gasteiger partial charge in [0.2, 0.25) is 0 Å². The Bertz CT molecular complexity index is 736. The minimum atomic E-state index is -4.52. The molecule has 0 fully saturated rings. The smallest absolute Gasteiger partial charge is 0.321 e. The topological polar surface area (TPSA) is 42.2 Å². The molecule has 0 bridgehead atoms. The molecule has 0 unspecified atom stereocenters. The summed E-state index contributed by atoms with van der Waals surface area (Å²) in [5.41, 5.74) is 2.47. The van der Waals surface area contributed by atoms with Crippen molar-refractivity contribution in [3.8, 4) is 0 Å². The molecule has 0 aliphatic carbocycles. The zero-order valence-corrected chi connectivity index (χ0v) is 15.0. The van der Waals surface area contributed by atoms with Crippen LogP contribution in [0.25, 0.3) is 0 Å². The molecule has 0 spiro atoms. The van der Waals surface area contributed by atoms with Crippen LogP contribution >= 0.6 is 35.0 Å². The van der Waals surface area contributed by atoms with Gasteiger partial charge >= 0.3 is 6.18 Å². The minimum absolute atomic E-state index is 0.105. The predicted octanol–water partition coefficient (Wildman–Crippen LogP) is 5.30. The first-order chi connectivity index (χ1) is 11.2. The number of nitrogens with one attached hydrogen (secondary N) is 1. The summed E-state index contributed by atoms with van der Waals surface area (Å²) in [5, 5.41) is 4.47. The number of hydrogen-bond acceptors (Lipinski definition) is 4. The fourth-order valence-electron chi connectivity index (χ4n) is 1.79. The van der Waals surface area contributed by atoms with E-state index in [4.69, 9.17) is 23.2 Å². The number of rotatable bonds is 5. The van der Waals surface area contributed by atoms with Crippen molar-refractivity contribution in [1.29, 1.82) is 0 Å². The lowest BCUT2D eigenvalue weighted by Crippen LogP contribution is -2.05. The van der Waals surface area contributed by atoms with E-state index in [-0.39, 0.29) is 15.7 Å². The number of benzene rings is 1. The van der Waals surface area contributed by atoms with Crippen LogP contribution in [-0.4, -0.2) is 21.5 Å². The van der Waals surface area contributed by atoms with E-state index in [2.05, 4.69) is 15.5 Å². The Morgan fingerprint density at radius 1 is 1.33 bits per heavy atom. The van der Waals surface area contributed by atoms with Crippen LogP contribution in [0, 0.1) is 0 Å². The Balaban J connectivity index is 2.17. The van der Waals surface area contributed by atoms with Crippen LogP contribution < -0.4 is 5.43 Å². The van der Waals surface area contributed by atoms with Crippen LogP contribution in [0.15, 0.2) is 28.6 Å². The van der Waals surface area contributed by atoms with Crippen LogP contribution in [0.2, 0.25) is 10.0 Å². The Hall–Kier alpha value is -1.38. The maximum atomic E-state index is 12.7. The van der Waals surface area contributed by atoms with Gasteiger partial charge in [0, 0.05) is 7.05 Å². The summed E-state index contributed by atoms with van der Waals surface area (Å²) in [6.07, 6.45) is -1.40. The molecule has 1 aromatic heterocycles. The Kier molecular flexibility index (Phi) is 6.06. The highest BCUT2D eigenvalue weighted by molar-refractivity contribution is 7.99. The summed E-state index contributed by atoms with van der Waals surface area (Å²) in [4.78, 5) is 4.23. The van der Waals surface area contributed by atoms with E-state index < -0.39 is 11.7 Å². The van der Waals surface area contributed by atoms with Gasteiger partial charge in [0.05, 0.1) is 39.4 Å². The quantitative estimate of drug-likeness (QED) is 0.423. The van der Waals surface area contributed by atoms with Gasteiger partial charge in [0.15, 0.2) is 5.16 Å². The normalized spacial score (nSPS) is 12.1. The van der Waals surface area contributed by atoms with Crippen molar-refractivity contribution in [2.24, 2.45) is 12.1 Å². The van der Waals surface area contributed by atoms with Crippen molar-refractivity contribution in [1.82, 2.24) is 9.55 Å². The molecule has 130 valence electrons. The Labute approximate surface area is 151 Å². The van der Waals surface area contributed by atoms with Crippen LogP contribution in [0.5, 0.6) is 0 Å². The molecule has 10 heteroatoms. The molecule has 24 heavy (non-hydrogen) atoms. The van der Waals surface area contributed by atoms with Crippen LogP contribution in [0.3, 0.4) is 0 Å². The third-order valence-corrected chi connectivity index (χ3v) is 4.52. The monoisotopic (exact) mass is 396 g/mol. The number of aromatic nitrogens is 2. The number of anilines is 1. The lowest BCUT2D eigenvalue weighted by molar-refractivity contribution is -0.137. The largest absolute Gasteiger partial charge is 0.416 e. The van der Waals surface area contributed by atoms with E-state index in [9.17, 15) is 13.2 Å². The highest BCUT2D eigenvalue weighted by Crippen LogP contribution is 2.38. The summed E-state index contributed by atoms with van der Waals surface area (Å²) in [5.74, 6) is 0.885. The van der Waals surface area contributed by atoms with E-state index in [1.54, 1.807) is 18.0 Å². The van der Waals surface area contributed by atoms with E-state index in [1.807, 2.05) is 18.5 Å². The van der Waals surface area contributed by atoms with Crippen molar-refractivity contribution in [2.45, 2.75) is 18.3 Å². The molecular weight excluding hydrogens is 384 g/mol. The number of halogens is 5. The average molecular weight is 397 g/mol. The second kappa shape index (κ2) is 7.67. The maximum Gasteiger partial charge on any atom is 0.416 e. The molecule has 1 aromatic carbocycles. The molecule has 0 amide bonds. The molecule has 2 rings (SSSR count). The molecule has 0 radical (unpaired) electrons. The van der Waals surface area contributed by atoms with E-state index in [0.717, 1.165) is 28.7 Å². The lowest BCUT2D eigenvalue weighted by Gasteiger charge is -2.11. The number of hydrazone groups is 1. The van der Waals surface area contributed by atoms with Crippen molar-refractivity contribution in [3.05, 3.63) is 39.6 Å². The molecule has 0 saturated carbocycles. The number of nitrogens with zero attached hydrogens (tertiary/aromatic N) is 3. The van der Waals surface area contributed by atoms with Gasteiger partial charge in [-0.15, -0.1) is 0 Å². The zero-order valence-electron chi connectivity index (χ0n) is 12.7. The zero-order chi connectivity index (χ0) is 17.9. The predicted molar refractivity (Wildman–Crippen MR) is 92.3 cm³/mol. The Morgan fingerprint density at radius 3 is 2.50 bits per heavy atom. The summed E-state index contributed by atoms with van der Waals surface area (Å²) < 4.78 is 39.9. The molecule has 1 N–H and O–H groups in total. The average Bonchev–Trinajstić information content (AvgIpc) is 2.82. The first kappa shape index (κ1) is 19.0. The van der Waals surface area contributed by atoms with Gasteiger partial charge in [0.1, 0.15) is 0 Å². The molecule has 2 aromatic rings. The van der Waals surface area contributed by atoms with Gasteiger partial charge in [-0.2, -0.15) is 18.3 Å². The molecule has 0 aliphatic heterocycles. The second-order valence-electron chi connectivity index (χ2n) is 4.64. The number of imidazole rings is 1. The summed E-state index contributed by atoms with van der Waals surface area (Å²) in [7, 11) is 1.84. The number of hydrogen-bond donors (Lipinski definition) is 1. The third kappa shape index (κ3) is 4.37. The first-order valence-corrected chi connectivity index (χ1v) is 8.48. The second-order valence-corrected chi connectivity index (χ2v) is 6.69. The highest BCUT2D eigenvalue weighted by atomic mass is 35.5. The van der Waals surface area contributed by atoms with Gasteiger partial charge in [-0.05, 0) is 17.9 Å². The van der Waals surface area contributed by atoms with Crippen molar-refractivity contribution < 1.29 is 13.2 Å². The van der Waals surface area contributed by atoms with E-state index in [1.165, 1.54) is 6.21 Å². The van der Waals surface area contributed by atoms with E-state index >= 15 is 0 Å². The van der Waals surface area contributed by atoms with Gasteiger partial charge < -0.3 is 4.57 Å². The van der Waals surface area contributed by atoms with Crippen molar-refractivity contribution in [2.75, 3.05) is 11.2 Å². The third-order valence-electron chi connectivity index (χ3n) is 3.00. The molecule has 0 aliphatic rings. The minimum Gasteiger partial charge on any atom is -0.321 e. The van der Waals surface area contributed by atoms with Crippen LogP contribution in [0.4, 0.5) is 18.9 Å². The molecular formula is C14H13Cl2F3N4S. The van der Waals surface area contributed by atoms with Crippen molar-refractivity contribution >= 4 is 46.9 Å². The molecule has 0 atom stereocenters. The fourth-order valence-corrected chi connectivity index (χ4v) is 3.05. The van der Waals surface area contributed by atoms with Gasteiger partial charge in [-0.25, -0.2) is 4.98 Å². The summed E-state index contributed by atoms with van der Waals surface area (Å²) in [6, 6.07) is 1.59. The van der Waals surface area contributed by atoms with Crippen LogP contribution in [-0.2, 0) is 13.2 Å². The number of thioether (sulfide) groups is 1. The Morgan fingerprint density at radius 2 is 1.96 bits per heavy atom. The van der Waals surface area contributed by atoms with Crippen molar-refractivity contribution in [3.63, 3.8) is 0 Å². The van der Waals surface area contributed by atoms with Crippen LogP contribution in [0.1, 0.15) is 18.2 Å². The fraction of sp³-hybridized carbons (Fsp3) is 0.286. The first-order valence-electron chi connectivity index (χ1n) is 6.73. The summed E-state index contributed by atoms with van der Waals surface area (Å²) >= 11 is 13.3. The van der Waals surface area contributed by atoms with Gasteiger partial charge in [0.25, 0.3) is 0 Å². The lowest BCUT2D eigenvalue weighted by atomic mass is 10.2. The highest BCUT2D eigenvalue weighted by Gasteiger charge is 2.32. The van der Waals surface area contributed by atoms with Gasteiger partial charge in [-0.1, -0.05) is 41.9 Å². The molecule has 0 saturated heterocycles. The summed E-state index contributed by atoms with van der Waals surface area (Å²) in [6.45, 7) is 2.02. The van der Waals surface area contributed by atoms with E-state index in [0.29, 0.717) is 0 Å². The molecule has 1 heterocycles. The maximum absolute atomic E-state index is 12.7. The number of alkyl halides is 3. The standard InChI is InChI=1S/C14H13Cl2F3N4S/c1-3-24-13-20-6-9(23(13)2)7-21-22-12-10(15)4-8(5-11(12)16)14(17,18)19/h4-7,22H,3H2,1-2H3/b21-7+. The molecule has 4 nitrogen and oxygen atoms in total. The SMILES string of the molecule is CCSc1ncc(/C=N/Nc2c(Cl)cc(C(F)(F)F)cc2Cl)n1C.